The fourth-order valence-corrected chi connectivity index (χ4v) is 0.777. The molecular weight excluding hydrogens is 162 g/mol. The molecule has 1 rings (SSSR count). The zero-order valence-corrected chi connectivity index (χ0v) is 7.88. The van der Waals surface area contributed by atoms with E-state index in [0.29, 0.717) is 0 Å². The maximum Gasteiger partial charge on any atom is 0.117 e. The molecule has 0 saturated heterocycles. The van der Waals surface area contributed by atoms with Gasteiger partial charge in [0.1, 0.15) is 6.34 Å². The summed E-state index contributed by atoms with van der Waals surface area (Å²) in [5.41, 5.74) is 0.915. The highest BCUT2D eigenvalue weighted by molar-refractivity contribution is 5.72. The maximum absolute atomic E-state index is 4.13. The summed E-state index contributed by atoms with van der Waals surface area (Å²) in [5.74, 6) is 0. The standard InChI is InChI=1S/C10H13N3/c1-13(2)9-11-8-12-10-6-4-3-5-7-10/h3-9H,1-2H3/b11-9+,12-8+. The van der Waals surface area contributed by atoms with Gasteiger partial charge in [-0.3, -0.25) is 0 Å². The van der Waals surface area contributed by atoms with Gasteiger partial charge in [0.2, 0.25) is 0 Å². The average Bonchev–Trinajstić information content (AvgIpc) is 2.14. The number of rotatable bonds is 3. The van der Waals surface area contributed by atoms with Crippen LogP contribution in [0.3, 0.4) is 0 Å². The van der Waals surface area contributed by atoms with Crippen LogP contribution < -0.4 is 0 Å². The van der Waals surface area contributed by atoms with Crippen LogP contribution in [0.15, 0.2) is 40.3 Å². The van der Waals surface area contributed by atoms with Gasteiger partial charge in [-0.2, -0.15) is 0 Å². The van der Waals surface area contributed by atoms with Gasteiger partial charge in [-0.05, 0) is 12.1 Å². The third-order valence-electron chi connectivity index (χ3n) is 1.33. The lowest BCUT2D eigenvalue weighted by Crippen LogP contribution is -2.07. The van der Waals surface area contributed by atoms with E-state index in [4.69, 9.17) is 0 Å². The molecule has 3 heteroatoms. The van der Waals surface area contributed by atoms with Crippen LogP contribution in [-0.4, -0.2) is 31.7 Å². The Balaban J connectivity index is 2.50. The smallest absolute Gasteiger partial charge is 0.117 e. The van der Waals surface area contributed by atoms with Crippen LogP contribution >= 0.6 is 0 Å². The number of benzene rings is 1. The predicted molar refractivity (Wildman–Crippen MR) is 56.8 cm³/mol. The minimum atomic E-state index is 0.915. The van der Waals surface area contributed by atoms with Gasteiger partial charge in [-0.1, -0.05) is 18.2 Å². The molecule has 0 radical (unpaired) electrons. The van der Waals surface area contributed by atoms with Crippen molar-refractivity contribution in [3.05, 3.63) is 30.3 Å². The molecule has 1 aromatic carbocycles. The van der Waals surface area contributed by atoms with Crippen molar-refractivity contribution in [1.29, 1.82) is 0 Å². The lowest BCUT2D eigenvalue weighted by atomic mass is 10.3. The first kappa shape index (κ1) is 9.45. The zero-order chi connectivity index (χ0) is 9.52. The highest BCUT2D eigenvalue weighted by Gasteiger charge is 1.80. The van der Waals surface area contributed by atoms with Gasteiger partial charge in [-0.25, -0.2) is 9.98 Å². The third kappa shape index (κ3) is 4.06. The average molecular weight is 175 g/mol. The van der Waals surface area contributed by atoms with Gasteiger partial charge >= 0.3 is 0 Å². The van der Waals surface area contributed by atoms with Crippen LogP contribution in [0.1, 0.15) is 0 Å². The molecule has 0 aliphatic carbocycles. The van der Waals surface area contributed by atoms with E-state index >= 15 is 0 Å². The molecule has 0 saturated carbocycles. The number of para-hydroxylation sites is 1. The van der Waals surface area contributed by atoms with Crippen molar-refractivity contribution in [3.63, 3.8) is 0 Å². The van der Waals surface area contributed by atoms with E-state index in [-0.39, 0.29) is 0 Å². The Morgan fingerprint density at radius 1 is 1.15 bits per heavy atom. The maximum atomic E-state index is 4.13. The van der Waals surface area contributed by atoms with Gasteiger partial charge in [0.25, 0.3) is 0 Å². The Kier molecular flexibility index (Phi) is 3.70. The monoisotopic (exact) mass is 175 g/mol. The first-order valence-corrected chi connectivity index (χ1v) is 4.06. The molecular formula is C10H13N3. The predicted octanol–water partition coefficient (Wildman–Crippen LogP) is 1.94. The fourth-order valence-electron chi connectivity index (χ4n) is 0.777. The number of aliphatic imine (C=N–C) groups is 2. The number of hydrogen-bond donors (Lipinski definition) is 0. The van der Waals surface area contributed by atoms with Crippen molar-refractivity contribution in [2.75, 3.05) is 14.1 Å². The minimum absolute atomic E-state index is 0.915. The summed E-state index contributed by atoms with van der Waals surface area (Å²) < 4.78 is 0. The van der Waals surface area contributed by atoms with Crippen LogP contribution in [0.4, 0.5) is 5.69 Å². The molecule has 13 heavy (non-hydrogen) atoms. The van der Waals surface area contributed by atoms with Crippen LogP contribution in [0, 0.1) is 0 Å². The largest absolute Gasteiger partial charge is 0.369 e. The van der Waals surface area contributed by atoms with Crippen molar-refractivity contribution in [1.82, 2.24) is 4.90 Å². The molecule has 0 unspecified atom stereocenters. The molecule has 0 heterocycles. The van der Waals surface area contributed by atoms with Gasteiger partial charge < -0.3 is 4.90 Å². The van der Waals surface area contributed by atoms with Gasteiger partial charge in [0.15, 0.2) is 0 Å². The molecule has 68 valence electrons. The van der Waals surface area contributed by atoms with Crippen LogP contribution in [0.2, 0.25) is 0 Å². The molecule has 3 nitrogen and oxygen atoms in total. The summed E-state index contributed by atoms with van der Waals surface area (Å²) in [4.78, 5) is 9.96. The van der Waals surface area contributed by atoms with Crippen LogP contribution in [-0.2, 0) is 0 Å². The first-order chi connectivity index (χ1) is 6.29. The van der Waals surface area contributed by atoms with E-state index in [1.165, 1.54) is 6.34 Å². The molecule has 0 fully saturated rings. The summed E-state index contributed by atoms with van der Waals surface area (Å²) in [5, 5.41) is 0. The van der Waals surface area contributed by atoms with Crippen molar-refractivity contribution >= 4 is 18.4 Å². The molecule has 0 aliphatic rings. The highest BCUT2D eigenvalue weighted by Crippen LogP contribution is 2.07. The van der Waals surface area contributed by atoms with Crippen LogP contribution in [0.25, 0.3) is 0 Å². The lowest BCUT2D eigenvalue weighted by Gasteiger charge is -1.99. The molecule has 0 atom stereocenters. The second-order valence-electron chi connectivity index (χ2n) is 2.81. The SMILES string of the molecule is CN(C)/C=N/C=N/c1ccccc1. The number of hydrogen-bond acceptors (Lipinski definition) is 1. The number of nitrogens with zero attached hydrogens (tertiary/aromatic N) is 3. The molecule has 0 bridgehead atoms. The molecule has 0 aromatic heterocycles. The molecule has 0 N–H and O–H groups in total. The molecule has 0 spiro atoms. The lowest BCUT2D eigenvalue weighted by molar-refractivity contribution is 0.644. The Labute approximate surface area is 78.4 Å². The van der Waals surface area contributed by atoms with E-state index < -0.39 is 0 Å². The van der Waals surface area contributed by atoms with Gasteiger partial charge in [0, 0.05) is 14.1 Å². The third-order valence-corrected chi connectivity index (χ3v) is 1.33. The molecule has 0 aliphatic heterocycles. The Morgan fingerprint density at radius 3 is 2.46 bits per heavy atom. The summed E-state index contributed by atoms with van der Waals surface area (Å²) in [6.45, 7) is 0. The second-order valence-corrected chi connectivity index (χ2v) is 2.81. The topological polar surface area (TPSA) is 28.0 Å². The zero-order valence-electron chi connectivity index (χ0n) is 7.88. The summed E-state index contributed by atoms with van der Waals surface area (Å²) in [7, 11) is 3.83. The van der Waals surface area contributed by atoms with Gasteiger partial charge in [-0.15, -0.1) is 0 Å². The quantitative estimate of drug-likeness (QED) is 0.509. The van der Waals surface area contributed by atoms with E-state index in [2.05, 4.69) is 9.98 Å². The van der Waals surface area contributed by atoms with Crippen molar-refractivity contribution in [2.24, 2.45) is 9.98 Å². The van der Waals surface area contributed by atoms with Crippen LogP contribution in [0.5, 0.6) is 0 Å². The second kappa shape index (κ2) is 5.09. The normalized spacial score (nSPS) is 11.2. The van der Waals surface area contributed by atoms with E-state index in [9.17, 15) is 0 Å². The summed E-state index contributed by atoms with van der Waals surface area (Å²) in [6, 6.07) is 9.72. The van der Waals surface area contributed by atoms with E-state index in [1.54, 1.807) is 6.34 Å². The van der Waals surface area contributed by atoms with E-state index in [0.717, 1.165) is 5.69 Å². The summed E-state index contributed by atoms with van der Waals surface area (Å²) in [6.07, 6.45) is 3.24. The van der Waals surface area contributed by atoms with E-state index in [1.807, 2.05) is 49.3 Å². The van der Waals surface area contributed by atoms with Gasteiger partial charge in [0.05, 0.1) is 12.0 Å². The molecule has 1 aromatic rings. The summed E-state index contributed by atoms with van der Waals surface area (Å²) >= 11 is 0. The Bertz CT molecular complexity index is 288. The minimum Gasteiger partial charge on any atom is -0.369 e. The van der Waals surface area contributed by atoms with Crippen molar-refractivity contribution in [3.8, 4) is 0 Å². The Morgan fingerprint density at radius 2 is 1.85 bits per heavy atom. The first-order valence-electron chi connectivity index (χ1n) is 4.06. The highest BCUT2D eigenvalue weighted by atomic mass is 15.1. The fraction of sp³-hybridized carbons (Fsp3) is 0.200. The van der Waals surface area contributed by atoms with Crippen molar-refractivity contribution in [2.45, 2.75) is 0 Å². The Hall–Kier alpha value is -1.64. The van der Waals surface area contributed by atoms with Crippen molar-refractivity contribution < 1.29 is 0 Å². The molecule has 0 amide bonds.